The number of hydrogen-bond donors (Lipinski definition) is 1. The maximum atomic E-state index is 12.1. The van der Waals surface area contributed by atoms with Crippen LogP contribution in [0.25, 0.3) is 11.4 Å². The van der Waals surface area contributed by atoms with Crippen LogP contribution in [0.3, 0.4) is 0 Å². The Hall–Kier alpha value is -2.34. The van der Waals surface area contributed by atoms with Gasteiger partial charge in [0.25, 0.3) is 0 Å². The van der Waals surface area contributed by atoms with Crippen LogP contribution >= 0.6 is 11.8 Å². The van der Waals surface area contributed by atoms with E-state index in [1.807, 2.05) is 60.3 Å². The lowest BCUT2D eigenvalue weighted by Gasteiger charge is -2.00. The fourth-order valence-corrected chi connectivity index (χ4v) is 2.67. The number of aromatic nitrogens is 4. The lowest BCUT2D eigenvalue weighted by molar-refractivity contribution is 0.101. The summed E-state index contributed by atoms with van der Waals surface area (Å²) in [5.74, 6) is 1.10. The average Bonchev–Trinajstić information content (AvgIpc) is 3.15. The summed E-state index contributed by atoms with van der Waals surface area (Å²) in [5.41, 5.74) is 1.67. The molecule has 2 heterocycles. The van der Waals surface area contributed by atoms with Gasteiger partial charge in [0.05, 0.1) is 11.4 Å². The number of nitrogens with one attached hydrogen (secondary N) is 1. The van der Waals surface area contributed by atoms with E-state index >= 15 is 0 Å². The van der Waals surface area contributed by atoms with E-state index in [0.29, 0.717) is 22.4 Å². The second-order valence-electron chi connectivity index (χ2n) is 4.55. The molecule has 0 amide bonds. The van der Waals surface area contributed by atoms with E-state index < -0.39 is 0 Å². The van der Waals surface area contributed by atoms with Gasteiger partial charge in [-0.25, -0.2) is 4.98 Å². The molecule has 21 heavy (non-hydrogen) atoms. The van der Waals surface area contributed by atoms with Crippen molar-refractivity contribution in [3.8, 4) is 11.4 Å². The smallest absolute Gasteiger partial charge is 0.209 e. The van der Waals surface area contributed by atoms with Crippen molar-refractivity contribution in [3.63, 3.8) is 0 Å². The van der Waals surface area contributed by atoms with Crippen LogP contribution in [-0.2, 0) is 7.05 Å². The molecule has 1 N–H and O–H groups in total. The minimum Gasteiger partial charge on any atom is -0.348 e. The van der Waals surface area contributed by atoms with Gasteiger partial charge in [0.15, 0.2) is 11.6 Å². The number of nitrogens with zero attached hydrogens (tertiary/aromatic N) is 3. The van der Waals surface area contributed by atoms with Crippen LogP contribution in [0.15, 0.2) is 53.8 Å². The first kappa shape index (κ1) is 13.6. The number of benzene rings is 1. The third kappa shape index (κ3) is 3.05. The number of aryl methyl sites for hydroxylation is 1. The quantitative estimate of drug-likeness (QED) is 0.581. The molecule has 2 aromatic heterocycles. The summed E-state index contributed by atoms with van der Waals surface area (Å²) in [6.07, 6.45) is 1.86. The Morgan fingerprint density at radius 1 is 1.24 bits per heavy atom. The highest BCUT2D eigenvalue weighted by atomic mass is 32.2. The van der Waals surface area contributed by atoms with Gasteiger partial charge in [-0.2, -0.15) is 0 Å². The van der Waals surface area contributed by atoms with Crippen LogP contribution in [0, 0.1) is 0 Å². The first-order valence-corrected chi connectivity index (χ1v) is 7.48. The summed E-state index contributed by atoms with van der Waals surface area (Å²) in [5, 5.41) is 7.61. The van der Waals surface area contributed by atoms with E-state index in [1.165, 1.54) is 11.8 Å². The SMILES string of the molecule is Cn1cccc1C(=O)CSc1n[nH]c(-c2ccccc2)n1. The average molecular weight is 298 g/mol. The monoisotopic (exact) mass is 298 g/mol. The minimum absolute atomic E-state index is 0.0681. The third-order valence-electron chi connectivity index (χ3n) is 3.07. The number of rotatable bonds is 5. The summed E-state index contributed by atoms with van der Waals surface area (Å²) >= 11 is 1.33. The van der Waals surface area contributed by atoms with Gasteiger partial charge in [0, 0.05) is 18.8 Å². The molecule has 0 aliphatic rings. The molecule has 5 nitrogen and oxygen atoms in total. The standard InChI is InChI=1S/C15H14N4OS/c1-19-9-5-8-12(19)13(20)10-21-15-16-14(17-18-15)11-6-3-2-4-7-11/h2-9H,10H2,1H3,(H,16,17,18). The summed E-state index contributed by atoms with van der Waals surface area (Å²) in [7, 11) is 1.86. The Labute approximate surface area is 126 Å². The topological polar surface area (TPSA) is 63.6 Å². The molecule has 0 fully saturated rings. The van der Waals surface area contributed by atoms with Crippen molar-refractivity contribution >= 4 is 17.5 Å². The third-order valence-corrected chi connectivity index (χ3v) is 3.92. The minimum atomic E-state index is 0.0681. The largest absolute Gasteiger partial charge is 0.348 e. The van der Waals surface area contributed by atoms with Crippen LogP contribution in [0.5, 0.6) is 0 Å². The van der Waals surface area contributed by atoms with E-state index in [2.05, 4.69) is 15.2 Å². The Balaban J connectivity index is 1.66. The van der Waals surface area contributed by atoms with Gasteiger partial charge < -0.3 is 4.57 Å². The fraction of sp³-hybridized carbons (Fsp3) is 0.133. The number of hydrogen-bond acceptors (Lipinski definition) is 4. The number of carbonyl (C=O) groups excluding carboxylic acids is 1. The van der Waals surface area contributed by atoms with Crippen molar-refractivity contribution in [2.24, 2.45) is 7.05 Å². The maximum Gasteiger partial charge on any atom is 0.209 e. The molecular weight excluding hydrogens is 284 g/mol. The number of H-pyrrole nitrogens is 1. The number of aromatic amines is 1. The molecule has 0 aliphatic carbocycles. The highest BCUT2D eigenvalue weighted by Gasteiger charge is 2.12. The van der Waals surface area contributed by atoms with E-state index in [0.717, 1.165) is 5.56 Å². The first-order valence-electron chi connectivity index (χ1n) is 6.49. The zero-order chi connectivity index (χ0) is 14.7. The van der Waals surface area contributed by atoms with Crippen LogP contribution in [-0.4, -0.2) is 31.3 Å². The molecule has 0 bridgehead atoms. The maximum absolute atomic E-state index is 12.1. The van der Waals surface area contributed by atoms with Crippen LogP contribution in [0.2, 0.25) is 0 Å². The Morgan fingerprint density at radius 3 is 2.76 bits per heavy atom. The molecule has 1 aromatic carbocycles. The van der Waals surface area contributed by atoms with Gasteiger partial charge in [-0.15, -0.1) is 5.10 Å². The summed E-state index contributed by atoms with van der Waals surface area (Å²) < 4.78 is 1.82. The molecular formula is C15H14N4OS. The molecule has 0 unspecified atom stereocenters. The van der Waals surface area contributed by atoms with Gasteiger partial charge in [-0.3, -0.25) is 9.89 Å². The molecule has 0 aliphatic heterocycles. The molecule has 0 spiro atoms. The van der Waals surface area contributed by atoms with Gasteiger partial charge in [0.1, 0.15) is 0 Å². The van der Waals surface area contributed by atoms with Gasteiger partial charge in [-0.1, -0.05) is 42.1 Å². The van der Waals surface area contributed by atoms with Crippen LogP contribution in [0.1, 0.15) is 10.5 Å². The van der Waals surface area contributed by atoms with Crippen molar-refractivity contribution < 1.29 is 4.79 Å². The molecule has 106 valence electrons. The molecule has 0 radical (unpaired) electrons. The highest BCUT2D eigenvalue weighted by Crippen LogP contribution is 2.19. The number of ketones is 1. The van der Waals surface area contributed by atoms with Gasteiger partial charge >= 0.3 is 0 Å². The van der Waals surface area contributed by atoms with E-state index in [1.54, 1.807) is 0 Å². The second kappa shape index (κ2) is 5.97. The van der Waals surface area contributed by atoms with Crippen LogP contribution in [0.4, 0.5) is 0 Å². The predicted molar refractivity (Wildman–Crippen MR) is 82.3 cm³/mol. The highest BCUT2D eigenvalue weighted by molar-refractivity contribution is 7.99. The van der Waals surface area contributed by atoms with E-state index in [4.69, 9.17) is 0 Å². The van der Waals surface area contributed by atoms with E-state index in [9.17, 15) is 4.79 Å². The van der Waals surface area contributed by atoms with Gasteiger partial charge in [0.2, 0.25) is 5.16 Å². The molecule has 0 saturated carbocycles. The molecule has 0 atom stereocenters. The summed E-state index contributed by atoms with van der Waals surface area (Å²) in [6.45, 7) is 0. The zero-order valence-corrected chi connectivity index (χ0v) is 12.3. The van der Waals surface area contributed by atoms with Crippen molar-refractivity contribution in [2.75, 3.05) is 5.75 Å². The van der Waals surface area contributed by atoms with Crippen molar-refractivity contribution in [1.82, 2.24) is 19.7 Å². The molecule has 3 rings (SSSR count). The number of Topliss-reactive ketones (excluding diaryl/α,β-unsaturated/α-hetero) is 1. The zero-order valence-electron chi connectivity index (χ0n) is 11.5. The van der Waals surface area contributed by atoms with E-state index in [-0.39, 0.29) is 5.78 Å². The number of thioether (sulfide) groups is 1. The molecule has 0 saturated heterocycles. The summed E-state index contributed by atoms with van der Waals surface area (Å²) in [4.78, 5) is 16.5. The molecule has 6 heteroatoms. The van der Waals surface area contributed by atoms with Crippen molar-refractivity contribution in [3.05, 3.63) is 54.4 Å². The normalized spacial score (nSPS) is 10.7. The fourth-order valence-electron chi connectivity index (χ4n) is 1.99. The predicted octanol–water partition coefficient (Wildman–Crippen LogP) is 2.79. The summed E-state index contributed by atoms with van der Waals surface area (Å²) in [6, 6.07) is 13.4. The Kier molecular flexibility index (Phi) is 3.87. The lowest BCUT2D eigenvalue weighted by atomic mass is 10.2. The molecule has 3 aromatic rings. The Bertz CT molecular complexity index is 748. The van der Waals surface area contributed by atoms with Crippen molar-refractivity contribution in [1.29, 1.82) is 0 Å². The lowest BCUT2D eigenvalue weighted by Crippen LogP contribution is -2.07. The van der Waals surface area contributed by atoms with Crippen molar-refractivity contribution in [2.45, 2.75) is 5.16 Å². The van der Waals surface area contributed by atoms with Gasteiger partial charge in [-0.05, 0) is 12.1 Å². The van der Waals surface area contributed by atoms with Crippen LogP contribution < -0.4 is 0 Å². The first-order chi connectivity index (χ1) is 10.2. The second-order valence-corrected chi connectivity index (χ2v) is 5.49. The number of carbonyl (C=O) groups is 1. The Morgan fingerprint density at radius 2 is 2.05 bits per heavy atom.